The summed E-state index contributed by atoms with van der Waals surface area (Å²) in [4.78, 5) is 25.7. The summed E-state index contributed by atoms with van der Waals surface area (Å²) in [6, 6.07) is 7.07. The molecule has 0 unspecified atom stereocenters. The van der Waals surface area contributed by atoms with E-state index in [9.17, 15) is 4.79 Å². The molecule has 2 aromatic rings. The number of amides is 1. The molecule has 0 radical (unpaired) electrons. The van der Waals surface area contributed by atoms with Crippen LogP contribution in [0.25, 0.3) is 0 Å². The molecular weight excluding hydrogens is 452 g/mol. The third-order valence-electron chi connectivity index (χ3n) is 4.61. The van der Waals surface area contributed by atoms with Gasteiger partial charge >= 0.3 is 0 Å². The molecule has 1 aromatic carbocycles. The summed E-state index contributed by atoms with van der Waals surface area (Å²) in [5, 5.41) is 21.3. The molecule has 0 saturated carbocycles. The smallest absolute Gasteiger partial charge is 0.251 e. The third-order valence-corrected chi connectivity index (χ3v) is 4.61. The van der Waals surface area contributed by atoms with Gasteiger partial charge in [-0.15, -0.1) is 0 Å². The van der Waals surface area contributed by atoms with E-state index in [1.54, 1.807) is 18.2 Å². The van der Waals surface area contributed by atoms with E-state index in [2.05, 4.69) is 43.1 Å². The van der Waals surface area contributed by atoms with Crippen LogP contribution >= 0.6 is 0 Å². The van der Waals surface area contributed by atoms with Crippen molar-refractivity contribution in [2.45, 2.75) is 26.2 Å². The number of aliphatic hydroxyl groups is 1. The molecule has 0 aliphatic heterocycles. The second-order valence-electron chi connectivity index (χ2n) is 7.57. The topological polar surface area (TPSA) is 169 Å². The maximum atomic E-state index is 12.5. The molecule has 0 aliphatic carbocycles. The minimum Gasteiger partial charge on any atom is -0.396 e. The molecule has 0 saturated heterocycles. The normalized spacial score (nSPS) is 10.7. The van der Waals surface area contributed by atoms with E-state index in [1.807, 2.05) is 6.07 Å². The average molecular weight is 491 g/mol. The molecule has 0 bridgehead atoms. The van der Waals surface area contributed by atoms with Crippen LogP contribution in [0.3, 0.4) is 0 Å². The van der Waals surface area contributed by atoms with Crippen LogP contribution in [0.2, 0.25) is 0 Å². The molecule has 0 aliphatic rings. The predicted molar refractivity (Wildman–Crippen MR) is 136 cm³/mol. The number of anilines is 4. The number of hydrogen-bond donors (Lipinski definition) is 6. The van der Waals surface area contributed by atoms with E-state index >= 15 is 0 Å². The Labute approximate surface area is 206 Å². The number of carbonyl (C=O) groups is 1. The first-order chi connectivity index (χ1) is 17.2. The Morgan fingerprint density at radius 2 is 1.63 bits per heavy atom. The summed E-state index contributed by atoms with van der Waals surface area (Å²) in [5.41, 5.74) is 6.51. The van der Waals surface area contributed by atoms with E-state index in [0.717, 1.165) is 19.4 Å². The lowest BCUT2D eigenvalue weighted by atomic mass is 10.2. The van der Waals surface area contributed by atoms with Crippen LogP contribution < -0.4 is 27.0 Å². The minimum atomic E-state index is -0.208. The molecule has 194 valence electrons. The number of hydrogen-bond acceptors (Lipinski definition) is 11. The van der Waals surface area contributed by atoms with Gasteiger partial charge < -0.3 is 41.6 Å². The SMILES string of the molecule is CCCCNc1nc(NCCCO)nc(Nc2cccc(C(=O)NCCOCCOCCN)c2)n1. The van der Waals surface area contributed by atoms with Crippen LogP contribution in [0, 0.1) is 0 Å². The first kappa shape index (κ1) is 28.2. The second kappa shape index (κ2) is 17.4. The number of ether oxygens (including phenoxy) is 2. The monoisotopic (exact) mass is 490 g/mol. The van der Waals surface area contributed by atoms with Crippen molar-refractivity contribution in [2.75, 3.05) is 75.2 Å². The van der Waals surface area contributed by atoms with Gasteiger partial charge in [0.15, 0.2) is 0 Å². The van der Waals surface area contributed by atoms with Crippen LogP contribution in [0.5, 0.6) is 0 Å². The van der Waals surface area contributed by atoms with Crippen molar-refractivity contribution in [3.05, 3.63) is 29.8 Å². The van der Waals surface area contributed by atoms with Crippen LogP contribution in [0.1, 0.15) is 36.5 Å². The molecule has 1 aromatic heterocycles. The summed E-state index contributed by atoms with van der Waals surface area (Å²) in [7, 11) is 0. The van der Waals surface area contributed by atoms with E-state index in [-0.39, 0.29) is 12.5 Å². The van der Waals surface area contributed by atoms with Crippen LogP contribution in [0.15, 0.2) is 24.3 Å². The van der Waals surface area contributed by atoms with Crippen molar-refractivity contribution in [1.29, 1.82) is 0 Å². The molecule has 2 rings (SSSR count). The number of aliphatic hydroxyl groups excluding tert-OH is 1. The first-order valence-electron chi connectivity index (χ1n) is 12.0. The predicted octanol–water partition coefficient (Wildman–Crippen LogP) is 1.34. The lowest BCUT2D eigenvalue weighted by Crippen LogP contribution is -2.27. The first-order valence-corrected chi connectivity index (χ1v) is 12.0. The number of nitrogens with two attached hydrogens (primary N) is 1. The number of benzene rings is 1. The molecule has 7 N–H and O–H groups in total. The van der Waals surface area contributed by atoms with Gasteiger partial charge in [-0.1, -0.05) is 19.4 Å². The molecule has 0 atom stereocenters. The van der Waals surface area contributed by atoms with Gasteiger partial charge in [0.05, 0.1) is 26.4 Å². The van der Waals surface area contributed by atoms with E-state index in [4.69, 9.17) is 20.3 Å². The van der Waals surface area contributed by atoms with Gasteiger partial charge in [-0.2, -0.15) is 15.0 Å². The molecular formula is C23H38N8O4. The highest BCUT2D eigenvalue weighted by Crippen LogP contribution is 2.17. The number of carbonyl (C=O) groups excluding carboxylic acids is 1. The Bertz CT molecular complexity index is 843. The standard InChI is InChI=1S/C23H38N8O4/c1-2-3-9-26-21-29-22(27-10-5-12-32)31-23(30-21)28-19-7-4-6-18(17-19)20(33)25-11-14-35-16-15-34-13-8-24/h4,6-7,17,32H,2-3,5,8-16,24H2,1H3,(H,25,33)(H3,26,27,28,29,30,31). The summed E-state index contributed by atoms with van der Waals surface area (Å²) in [6.07, 6.45) is 2.62. The van der Waals surface area contributed by atoms with Gasteiger partial charge in [0.2, 0.25) is 17.8 Å². The van der Waals surface area contributed by atoms with Crippen molar-refractivity contribution >= 4 is 29.4 Å². The zero-order chi connectivity index (χ0) is 25.1. The van der Waals surface area contributed by atoms with Crippen LogP contribution in [-0.2, 0) is 9.47 Å². The van der Waals surface area contributed by atoms with Crippen molar-refractivity contribution in [3.8, 4) is 0 Å². The summed E-state index contributed by atoms with van der Waals surface area (Å²) >= 11 is 0. The Balaban J connectivity index is 1.93. The highest BCUT2D eigenvalue weighted by Gasteiger charge is 2.09. The zero-order valence-corrected chi connectivity index (χ0v) is 20.4. The quantitative estimate of drug-likeness (QED) is 0.157. The van der Waals surface area contributed by atoms with E-state index < -0.39 is 0 Å². The Morgan fingerprint density at radius 1 is 0.943 bits per heavy atom. The Hall–Kier alpha value is -3.06. The van der Waals surface area contributed by atoms with Crippen molar-refractivity contribution in [1.82, 2.24) is 20.3 Å². The van der Waals surface area contributed by atoms with Gasteiger partial charge in [-0.25, -0.2) is 0 Å². The highest BCUT2D eigenvalue weighted by atomic mass is 16.5. The molecule has 12 nitrogen and oxygen atoms in total. The molecule has 1 heterocycles. The number of rotatable bonds is 19. The fraction of sp³-hybridized carbons (Fsp3) is 0.565. The number of aromatic nitrogens is 3. The fourth-order valence-electron chi connectivity index (χ4n) is 2.86. The maximum absolute atomic E-state index is 12.5. The summed E-state index contributed by atoms with van der Waals surface area (Å²) in [5.74, 6) is 0.982. The Morgan fingerprint density at radius 3 is 2.31 bits per heavy atom. The largest absolute Gasteiger partial charge is 0.396 e. The average Bonchev–Trinajstić information content (AvgIpc) is 2.86. The number of unbranched alkanes of at least 4 members (excludes halogenated alkanes) is 1. The van der Waals surface area contributed by atoms with Crippen molar-refractivity contribution in [2.24, 2.45) is 5.73 Å². The van der Waals surface area contributed by atoms with Crippen LogP contribution in [-0.4, -0.2) is 85.2 Å². The van der Waals surface area contributed by atoms with Gasteiger partial charge in [0.1, 0.15) is 0 Å². The minimum absolute atomic E-state index is 0.0784. The lowest BCUT2D eigenvalue weighted by Gasteiger charge is -2.12. The van der Waals surface area contributed by atoms with E-state index in [0.29, 0.717) is 81.6 Å². The molecule has 0 spiro atoms. The molecule has 12 heteroatoms. The van der Waals surface area contributed by atoms with Crippen molar-refractivity contribution < 1.29 is 19.4 Å². The molecule has 0 fully saturated rings. The number of nitrogens with zero attached hydrogens (tertiary/aromatic N) is 3. The van der Waals surface area contributed by atoms with E-state index in [1.165, 1.54) is 0 Å². The summed E-state index contributed by atoms with van der Waals surface area (Å²) in [6.45, 7) is 6.17. The van der Waals surface area contributed by atoms with Crippen molar-refractivity contribution in [3.63, 3.8) is 0 Å². The second-order valence-corrected chi connectivity index (χ2v) is 7.57. The van der Waals surface area contributed by atoms with Gasteiger partial charge in [0.25, 0.3) is 5.91 Å². The maximum Gasteiger partial charge on any atom is 0.251 e. The third kappa shape index (κ3) is 11.8. The lowest BCUT2D eigenvalue weighted by molar-refractivity contribution is 0.0511. The highest BCUT2D eigenvalue weighted by molar-refractivity contribution is 5.95. The van der Waals surface area contributed by atoms with Gasteiger partial charge in [0, 0.05) is 44.0 Å². The molecule has 35 heavy (non-hydrogen) atoms. The number of nitrogens with one attached hydrogen (secondary N) is 4. The fourth-order valence-corrected chi connectivity index (χ4v) is 2.86. The van der Waals surface area contributed by atoms with Gasteiger partial charge in [-0.05, 0) is 31.0 Å². The van der Waals surface area contributed by atoms with Crippen LogP contribution in [0.4, 0.5) is 23.5 Å². The van der Waals surface area contributed by atoms with Gasteiger partial charge in [-0.3, -0.25) is 4.79 Å². The summed E-state index contributed by atoms with van der Waals surface area (Å²) < 4.78 is 10.6. The zero-order valence-electron chi connectivity index (χ0n) is 20.4. The molecule has 1 amide bonds. The Kier molecular flexibility index (Phi) is 14.0.